The Labute approximate surface area is 142 Å². The maximum atomic E-state index is 3.67. The Balaban J connectivity index is 1.76. The average Bonchev–Trinajstić information content (AvgIpc) is 2.79. The van der Waals surface area contributed by atoms with E-state index in [9.17, 15) is 0 Å². The number of para-hydroxylation sites is 1. The van der Waals surface area contributed by atoms with Crippen molar-refractivity contribution in [2.45, 2.75) is 19.8 Å². The normalized spacial score (nSPS) is 15.4. The largest absolute Gasteiger partial charge is 0.358 e. The number of anilines is 1. The molecular formula is C23H19N. The molecule has 3 aromatic rings. The van der Waals surface area contributed by atoms with Gasteiger partial charge in [0.25, 0.3) is 0 Å². The Morgan fingerprint density at radius 2 is 1.83 bits per heavy atom. The molecule has 1 heteroatoms. The number of fused-ring (bicyclic) bond motifs is 5. The second kappa shape index (κ2) is 5.10. The van der Waals surface area contributed by atoms with E-state index in [-0.39, 0.29) is 0 Å². The van der Waals surface area contributed by atoms with Crippen LogP contribution in [0.25, 0.3) is 22.4 Å². The molecule has 1 heterocycles. The Morgan fingerprint density at radius 1 is 0.958 bits per heavy atom. The summed E-state index contributed by atoms with van der Waals surface area (Å²) < 4.78 is 0. The second-order valence-electron chi connectivity index (χ2n) is 6.77. The van der Waals surface area contributed by atoms with Crippen molar-refractivity contribution in [2.24, 2.45) is 0 Å². The van der Waals surface area contributed by atoms with Crippen LogP contribution in [0.5, 0.6) is 0 Å². The minimum atomic E-state index is 0.964. The maximum absolute atomic E-state index is 3.67. The Hall–Kier alpha value is -2.80. The predicted molar refractivity (Wildman–Crippen MR) is 103 cm³/mol. The zero-order valence-corrected chi connectivity index (χ0v) is 13.8. The van der Waals surface area contributed by atoms with Crippen molar-refractivity contribution in [3.8, 4) is 0 Å². The van der Waals surface area contributed by atoms with E-state index < -0.39 is 0 Å². The molecule has 3 aromatic carbocycles. The highest BCUT2D eigenvalue weighted by Gasteiger charge is 2.21. The van der Waals surface area contributed by atoms with E-state index in [1.54, 1.807) is 0 Å². The van der Waals surface area contributed by atoms with Gasteiger partial charge in [0.15, 0.2) is 0 Å². The van der Waals surface area contributed by atoms with Crippen LogP contribution < -0.4 is 5.32 Å². The number of nitrogens with one attached hydrogen (secondary N) is 1. The van der Waals surface area contributed by atoms with Gasteiger partial charge >= 0.3 is 0 Å². The van der Waals surface area contributed by atoms with Crippen molar-refractivity contribution >= 4 is 28.1 Å². The first kappa shape index (κ1) is 13.6. The van der Waals surface area contributed by atoms with Crippen molar-refractivity contribution in [1.29, 1.82) is 0 Å². The molecule has 0 saturated heterocycles. The van der Waals surface area contributed by atoms with Crippen molar-refractivity contribution in [1.82, 2.24) is 0 Å². The van der Waals surface area contributed by atoms with Crippen LogP contribution in [-0.2, 0) is 6.42 Å². The number of rotatable bonds is 0. The Kier molecular flexibility index (Phi) is 2.90. The zero-order chi connectivity index (χ0) is 16.1. The van der Waals surface area contributed by atoms with Gasteiger partial charge < -0.3 is 5.32 Å². The van der Waals surface area contributed by atoms with Crippen LogP contribution in [0.2, 0.25) is 0 Å². The summed E-state index contributed by atoms with van der Waals surface area (Å²) in [6.45, 7) is 2.17. The molecular weight excluding hydrogens is 290 g/mol. The lowest BCUT2D eigenvalue weighted by Gasteiger charge is -2.25. The van der Waals surface area contributed by atoms with Gasteiger partial charge in [0.2, 0.25) is 0 Å². The molecule has 0 saturated carbocycles. The smallest absolute Gasteiger partial charge is 0.0417 e. The van der Waals surface area contributed by atoms with Crippen molar-refractivity contribution in [3.63, 3.8) is 0 Å². The molecule has 0 fully saturated rings. The number of benzene rings is 3. The Bertz CT molecular complexity index is 1040. The number of hydrogen-bond acceptors (Lipinski definition) is 1. The van der Waals surface area contributed by atoms with Gasteiger partial charge in [-0.2, -0.15) is 0 Å². The molecule has 1 aliphatic carbocycles. The fourth-order valence-electron chi connectivity index (χ4n) is 3.96. The fraction of sp³-hybridized carbons (Fsp3) is 0.130. The first-order valence-corrected chi connectivity index (χ1v) is 8.57. The highest BCUT2D eigenvalue weighted by molar-refractivity contribution is 5.98. The summed E-state index contributed by atoms with van der Waals surface area (Å²) in [6, 6.07) is 19.9. The zero-order valence-electron chi connectivity index (χ0n) is 13.8. The first-order chi connectivity index (χ1) is 11.8. The molecule has 1 N–H and O–H groups in total. The fourth-order valence-corrected chi connectivity index (χ4v) is 3.96. The van der Waals surface area contributed by atoms with Crippen LogP contribution >= 0.6 is 0 Å². The molecule has 0 spiro atoms. The molecule has 1 nitrogen and oxygen atoms in total. The third kappa shape index (κ3) is 2.01. The lowest BCUT2D eigenvalue weighted by molar-refractivity contribution is 1.13. The van der Waals surface area contributed by atoms with E-state index in [0.717, 1.165) is 12.8 Å². The van der Waals surface area contributed by atoms with Gasteiger partial charge in [-0.3, -0.25) is 0 Å². The third-order valence-corrected chi connectivity index (χ3v) is 5.18. The minimum absolute atomic E-state index is 0.964. The van der Waals surface area contributed by atoms with Crippen LogP contribution in [0.3, 0.4) is 0 Å². The summed E-state index contributed by atoms with van der Waals surface area (Å²) >= 11 is 0. The molecule has 0 aromatic heterocycles. The lowest BCUT2D eigenvalue weighted by atomic mass is 9.88. The third-order valence-electron chi connectivity index (χ3n) is 5.18. The molecule has 24 heavy (non-hydrogen) atoms. The molecule has 5 rings (SSSR count). The van der Waals surface area contributed by atoms with E-state index in [0.29, 0.717) is 0 Å². The van der Waals surface area contributed by atoms with Crippen LogP contribution in [0.15, 0.2) is 66.4 Å². The predicted octanol–water partition coefficient (Wildman–Crippen LogP) is 5.94. The number of aryl methyl sites for hydroxylation is 1. The number of hydrogen-bond donors (Lipinski definition) is 1. The molecule has 0 unspecified atom stereocenters. The van der Waals surface area contributed by atoms with Crippen LogP contribution in [0, 0.1) is 6.92 Å². The average molecular weight is 309 g/mol. The molecule has 116 valence electrons. The van der Waals surface area contributed by atoms with Gasteiger partial charge in [0, 0.05) is 24.2 Å². The monoisotopic (exact) mass is 309 g/mol. The standard InChI is InChI=1S/C23H19N/c1-15-9-10-16-11-12-19-18(20(16)13-15)6-4-8-23-21(19)14-17-5-2-3-7-22(17)24-23/h2-7,9-13,24H,8,14H2,1H3. The molecule has 0 atom stereocenters. The molecule has 0 radical (unpaired) electrons. The van der Waals surface area contributed by atoms with E-state index >= 15 is 0 Å². The number of allylic oxidation sites excluding steroid dienone is 2. The molecule has 0 amide bonds. The highest BCUT2D eigenvalue weighted by atomic mass is 14.9. The van der Waals surface area contributed by atoms with Gasteiger partial charge in [-0.05, 0) is 46.0 Å². The van der Waals surface area contributed by atoms with Gasteiger partial charge in [-0.1, -0.05) is 66.2 Å². The molecule has 0 bridgehead atoms. The van der Waals surface area contributed by atoms with Crippen molar-refractivity contribution < 1.29 is 0 Å². The summed E-state index contributed by atoms with van der Waals surface area (Å²) in [5.74, 6) is 0. The minimum Gasteiger partial charge on any atom is -0.358 e. The summed E-state index contributed by atoms with van der Waals surface area (Å²) in [5, 5.41) is 6.34. The highest BCUT2D eigenvalue weighted by Crippen LogP contribution is 2.39. The summed E-state index contributed by atoms with van der Waals surface area (Å²) in [5.41, 5.74) is 9.47. The topological polar surface area (TPSA) is 12.0 Å². The first-order valence-electron chi connectivity index (χ1n) is 8.57. The maximum Gasteiger partial charge on any atom is 0.0417 e. The quantitative estimate of drug-likeness (QED) is 0.541. The van der Waals surface area contributed by atoms with Gasteiger partial charge in [-0.25, -0.2) is 0 Å². The van der Waals surface area contributed by atoms with Gasteiger partial charge in [0.1, 0.15) is 0 Å². The SMILES string of the molecule is Cc1ccc2ccc3c(c2c1)C=CCC1=C3Cc2ccccc2N1. The van der Waals surface area contributed by atoms with E-state index in [1.165, 1.54) is 50.0 Å². The van der Waals surface area contributed by atoms with Crippen LogP contribution in [0.1, 0.15) is 28.7 Å². The van der Waals surface area contributed by atoms with E-state index in [2.05, 4.69) is 79.0 Å². The van der Waals surface area contributed by atoms with Gasteiger partial charge in [-0.15, -0.1) is 0 Å². The summed E-state index contributed by atoms with van der Waals surface area (Å²) in [4.78, 5) is 0. The Morgan fingerprint density at radius 3 is 2.79 bits per heavy atom. The summed E-state index contributed by atoms with van der Waals surface area (Å²) in [6.07, 6.45) is 6.57. The van der Waals surface area contributed by atoms with E-state index in [1.807, 2.05) is 0 Å². The van der Waals surface area contributed by atoms with Crippen LogP contribution in [-0.4, -0.2) is 0 Å². The van der Waals surface area contributed by atoms with E-state index in [4.69, 9.17) is 0 Å². The lowest BCUT2D eigenvalue weighted by Crippen LogP contribution is -2.12. The van der Waals surface area contributed by atoms with Crippen molar-refractivity contribution in [2.75, 3.05) is 5.32 Å². The van der Waals surface area contributed by atoms with Gasteiger partial charge in [0.05, 0.1) is 0 Å². The molecule has 1 aliphatic heterocycles. The van der Waals surface area contributed by atoms with Crippen LogP contribution in [0.4, 0.5) is 5.69 Å². The van der Waals surface area contributed by atoms with Crippen molar-refractivity contribution in [3.05, 3.63) is 88.6 Å². The molecule has 2 aliphatic rings. The second-order valence-corrected chi connectivity index (χ2v) is 6.77. The summed E-state index contributed by atoms with van der Waals surface area (Å²) in [7, 11) is 0.